The third kappa shape index (κ3) is 3.56. The number of ether oxygens (including phenoxy) is 2. The van der Waals surface area contributed by atoms with Crippen LogP contribution in [0.15, 0.2) is 36.4 Å². The van der Waals surface area contributed by atoms with Crippen LogP contribution in [0.4, 0.5) is 5.69 Å². The molecule has 21 heavy (non-hydrogen) atoms. The van der Waals surface area contributed by atoms with Crippen LogP contribution in [0.3, 0.4) is 0 Å². The molecule has 0 heterocycles. The molecule has 0 saturated carbocycles. The third-order valence-electron chi connectivity index (χ3n) is 2.74. The molecular formula is C14H11Cl2NO4. The van der Waals surface area contributed by atoms with E-state index in [4.69, 9.17) is 32.7 Å². The van der Waals surface area contributed by atoms with Crippen LogP contribution in [0.5, 0.6) is 17.2 Å². The molecule has 0 bridgehead atoms. The van der Waals surface area contributed by atoms with E-state index >= 15 is 0 Å². The molecule has 2 aromatic rings. The zero-order valence-electron chi connectivity index (χ0n) is 11.0. The molecule has 0 radical (unpaired) electrons. The second-order valence-corrected chi connectivity index (χ2v) is 4.78. The van der Waals surface area contributed by atoms with E-state index in [0.29, 0.717) is 22.1 Å². The Kier molecular flexibility index (Phi) is 4.88. The first-order valence-electron chi connectivity index (χ1n) is 5.90. The Morgan fingerprint density at radius 3 is 2.48 bits per heavy atom. The zero-order valence-corrected chi connectivity index (χ0v) is 12.5. The van der Waals surface area contributed by atoms with Crippen LogP contribution in [-0.2, 0) is 5.88 Å². The van der Waals surface area contributed by atoms with Crippen molar-refractivity contribution in [1.82, 2.24) is 0 Å². The predicted octanol–water partition coefficient (Wildman–Crippen LogP) is 4.79. The van der Waals surface area contributed by atoms with Gasteiger partial charge in [-0.3, -0.25) is 10.1 Å². The molecule has 0 unspecified atom stereocenters. The highest BCUT2D eigenvalue weighted by atomic mass is 35.5. The van der Waals surface area contributed by atoms with Gasteiger partial charge in [-0.15, -0.1) is 11.6 Å². The second kappa shape index (κ2) is 6.65. The lowest BCUT2D eigenvalue weighted by Crippen LogP contribution is -1.95. The minimum atomic E-state index is -0.503. The highest BCUT2D eigenvalue weighted by Crippen LogP contribution is 2.36. The van der Waals surface area contributed by atoms with Gasteiger partial charge < -0.3 is 9.47 Å². The first-order valence-corrected chi connectivity index (χ1v) is 6.81. The van der Waals surface area contributed by atoms with Crippen molar-refractivity contribution in [3.63, 3.8) is 0 Å². The Hall–Kier alpha value is -1.98. The SMILES string of the molecule is COc1ccc([N+](=O)[O-])cc1Oc1ccc(Cl)cc1CCl. The molecule has 2 rings (SSSR count). The van der Waals surface area contributed by atoms with E-state index in [9.17, 15) is 10.1 Å². The highest BCUT2D eigenvalue weighted by molar-refractivity contribution is 6.30. The smallest absolute Gasteiger partial charge is 0.273 e. The van der Waals surface area contributed by atoms with E-state index in [-0.39, 0.29) is 17.3 Å². The molecule has 0 spiro atoms. The molecule has 5 nitrogen and oxygen atoms in total. The number of nitrogens with zero attached hydrogens (tertiary/aromatic N) is 1. The molecule has 0 N–H and O–H groups in total. The Balaban J connectivity index is 2.42. The van der Waals surface area contributed by atoms with E-state index in [1.54, 1.807) is 18.2 Å². The van der Waals surface area contributed by atoms with Crippen molar-refractivity contribution in [2.24, 2.45) is 0 Å². The predicted molar refractivity (Wildman–Crippen MR) is 80.7 cm³/mol. The topological polar surface area (TPSA) is 61.6 Å². The number of nitro benzene ring substituents is 1. The third-order valence-corrected chi connectivity index (χ3v) is 3.27. The van der Waals surface area contributed by atoms with Crippen molar-refractivity contribution < 1.29 is 14.4 Å². The van der Waals surface area contributed by atoms with Crippen LogP contribution in [0.1, 0.15) is 5.56 Å². The lowest BCUT2D eigenvalue weighted by molar-refractivity contribution is -0.384. The molecule has 2 aromatic carbocycles. The molecule has 0 aliphatic rings. The number of alkyl halides is 1. The van der Waals surface area contributed by atoms with Gasteiger partial charge >= 0.3 is 0 Å². The molecule has 7 heteroatoms. The normalized spacial score (nSPS) is 10.2. The summed E-state index contributed by atoms with van der Waals surface area (Å²) in [6, 6.07) is 9.09. The van der Waals surface area contributed by atoms with Crippen molar-refractivity contribution in [2.75, 3.05) is 7.11 Å². The quantitative estimate of drug-likeness (QED) is 0.450. The van der Waals surface area contributed by atoms with Gasteiger partial charge in [-0.2, -0.15) is 0 Å². The number of benzene rings is 2. The lowest BCUT2D eigenvalue weighted by Gasteiger charge is -2.12. The van der Waals surface area contributed by atoms with Gasteiger partial charge in [-0.1, -0.05) is 11.6 Å². The maximum atomic E-state index is 10.8. The number of non-ortho nitro benzene ring substituents is 1. The van der Waals surface area contributed by atoms with Crippen LogP contribution in [0.2, 0.25) is 5.02 Å². The fourth-order valence-electron chi connectivity index (χ4n) is 1.73. The van der Waals surface area contributed by atoms with Gasteiger partial charge in [0, 0.05) is 16.7 Å². The Morgan fingerprint density at radius 2 is 1.86 bits per heavy atom. The maximum Gasteiger partial charge on any atom is 0.273 e. The van der Waals surface area contributed by atoms with Crippen LogP contribution in [0, 0.1) is 10.1 Å². The number of halogens is 2. The van der Waals surface area contributed by atoms with E-state index in [1.165, 1.54) is 25.3 Å². The van der Waals surface area contributed by atoms with Crippen molar-refractivity contribution in [1.29, 1.82) is 0 Å². The summed E-state index contributed by atoms with van der Waals surface area (Å²) in [4.78, 5) is 10.3. The monoisotopic (exact) mass is 327 g/mol. The van der Waals surface area contributed by atoms with Gasteiger partial charge in [0.25, 0.3) is 5.69 Å². The highest BCUT2D eigenvalue weighted by Gasteiger charge is 2.14. The Labute approximate surface area is 131 Å². The average molecular weight is 328 g/mol. The summed E-state index contributed by atoms with van der Waals surface area (Å²) in [6.45, 7) is 0. The summed E-state index contributed by atoms with van der Waals surface area (Å²) >= 11 is 11.7. The number of methoxy groups -OCH3 is 1. The summed E-state index contributed by atoms with van der Waals surface area (Å²) in [5.41, 5.74) is 0.588. The van der Waals surface area contributed by atoms with E-state index < -0.39 is 4.92 Å². The molecule has 110 valence electrons. The summed E-state index contributed by atoms with van der Waals surface area (Å²) in [7, 11) is 1.46. The van der Waals surface area contributed by atoms with Crippen molar-refractivity contribution in [3.05, 3.63) is 57.1 Å². The maximum absolute atomic E-state index is 10.8. The van der Waals surface area contributed by atoms with Crippen LogP contribution >= 0.6 is 23.2 Å². The van der Waals surface area contributed by atoms with E-state index in [1.807, 2.05) is 0 Å². The second-order valence-electron chi connectivity index (χ2n) is 4.08. The Morgan fingerprint density at radius 1 is 1.14 bits per heavy atom. The van der Waals surface area contributed by atoms with Gasteiger partial charge in [0.1, 0.15) is 5.75 Å². The molecule has 0 aromatic heterocycles. The van der Waals surface area contributed by atoms with Crippen molar-refractivity contribution >= 4 is 28.9 Å². The zero-order chi connectivity index (χ0) is 15.4. The molecule has 0 amide bonds. The fraction of sp³-hybridized carbons (Fsp3) is 0.143. The van der Waals surface area contributed by atoms with E-state index in [0.717, 1.165) is 0 Å². The van der Waals surface area contributed by atoms with Gasteiger partial charge in [-0.25, -0.2) is 0 Å². The summed E-state index contributed by atoms with van der Waals surface area (Å²) in [5.74, 6) is 1.29. The lowest BCUT2D eigenvalue weighted by atomic mass is 10.2. The van der Waals surface area contributed by atoms with Gasteiger partial charge in [0.15, 0.2) is 11.5 Å². The molecule has 0 atom stereocenters. The van der Waals surface area contributed by atoms with Crippen LogP contribution in [-0.4, -0.2) is 12.0 Å². The van der Waals surface area contributed by atoms with Gasteiger partial charge in [0.2, 0.25) is 0 Å². The van der Waals surface area contributed by atoms with E-state index in [2.05, 4.69) is 0 Å². The van der Waals surface area contributed by atoms with Gasteiger partial charge in [0.05, 0.1) is 24.0 Å². The van der Waals surface area contributed by atoms with Crippen molar-refractivity contribution in [3.8, 4) is 17.2 Å². The summed E-state index contributed by atoms with van der Waals surface area (Å²) in [6.07, 6.45) is 0. The molecular weight excluding hydrogens is 317 g/mol. The average Bonchev–Trinajstić information content (AvgIpc) is 2.48. The van der Waals surface area contributed by atoms with Gasteiger partial charge in [-0.05, 0) is 24.3 Å². The standard InChI is InChI=1S/C14H11Cl2NO4/c1-20-13-5-3-11(17(18)19)7-14(13)21-12-4-2-10(16)6-9(12)8-15/h2-7H,8H2,1H3. The molecule has 0 aliphatic heterocycles. The number of hydrogen-bond donors (Lipinski definition) is 0. The first kappa shape index (κ1) is 15.4. The number of hydrogen-bond acceptors (Lipinski definition) is 4. The largest absolute Gasteiger partial charge is 0.493 e. The molecule has 0 saturated heterocycles. The minimum Gasteiger partial charge on any atom is -0.493 e. The number of rotatable bonds is 5. The summed E-state index contributed by atoms with van der Waals surface area (Å²) < 4.78 is 10.8. The van der Waals surface area contributed by atoms with Crippen LogP contribution < -0.4 is 9.47 Å². The fourth-order valence-corrected chi connectivity index (χ4v) is 2.13. The van der Waals surface area contributed by atoms with Crippen LogP contribution in [0.25, 0.3) is 0 Å². The van der Waals surface area contributed by atoms with Crippen molar-refractivity contribution in [2.45, 2.75) is 5.88 Å². The molecule has 0 fully saturated rings. The number of nitro groups is 1. The Bertz CT molecular complexity index is 676. The first-order chi connectivity index (χ1) is 10.0. The minimum absolute atomic E-state index is 0.0906. The molecule has 0 aliphatic carbocycles. The summed E-state index contributed by atoms with van der Waals surface area (Å²) in [5, 5.41) is 11.4.